The summed E-state index contributed by atoms with van der Waals surface area (Å²) in [5.74, 6) is -0.556. The molecule has 0 spiro atoms. The molecule has 0 atom stereocenters. The molecule has 2 aromatic carbocycles. The number of methoxy groups -OCH3 is 1. The molecule has 0 aliphatic rings. The van der Waals surface area contributed by atoms with Crippen molar-refractivity contribution in [2.75, 3.05) is 37.5 Å². The van der Waals surface area contributed by atoms with E-state index >= 15 is 0 Å². The Morgan fingerprint density at radius 1 is 1.16 bits per heavy atom. The predicted octanol–water partition coefficient (Wildman–Crippen LogP) is 4.64. The average Bonchev–Trinajstić information content (AvgIpc) is 3.48. The number of nitrogens with zero attached hydrogens (tertiary/aromatic N) is 6. The smallest absolute Gasteiger partial charge is 0.383 e. The van der Waals surface area contributed by atoms with Gasteiger partial charge in [-0.2, -0.15) is 18.3 Å². The Hall–Kier alpha value is -4.19. The van der Waals surface area contributed by atoms with Crippen molar-refractivity contribution in [3.8, 4) is 16.9 Å². The van der Waals surface area contributed by atoms with Crippen LogP contribution in [0.1, 0.15) is 27.2 Å². The summed E-state index contributed by atoms with van der Waals surface area (Å²) < 4.78 is 49.1. The number of carbonyl (C=O) groups excluding carboxylic acids is 1. The highest BCUT2D eigenvalue weighted by Gasteiger charge is 2.32. The van der Waals surface area contributed by atoms with Crippen LogP contribution >= 0.6 is 0 Å². The first-order valence-electron chi connectivity index (χ1n) is 11.7. The van der Waals surface area contributed by atoms with Crippen LogP contribution in [-0.4, -0.2) is 58.0 Å². The lowest BCUT2D eigenvalue weighted by molar-refractivity contribution is -0.137. The number of halogens is 3. The fraction of sp³-hybridized carbons (Fsp3) is 0.308. The number of hydrogen-bond donors (Lipinski definition) is 1. The number of benzene rings is 2. The Labute approximate surface area is 217 Å². The van der Waals surface area contributed by atoms with E-state index in [1.165, 1.54) is 13.2 Å². The number of amides is 1. The van der Waals surface area contributed by atoms with Gasteiger partial charge < -0.3 is 15.0 Å². The maximum Gasteiger partial charge on any atom is 0.416 e. The maximum atomic E-state index is 13.6. The van der Waals surface area contributed by atoms with Crippen molar-refractivity contribution < 1.29 is 22.7 Å². The Kier molecular flexibility index (Phi) is 7.53. The van der Waals surface area contributed by atoms with Gasteiger partial charge in [0.2, 0.25) is 0 Å². The SMILES string of the molecule is COCCN(C)c1cc(NC(=O)c2ccc(C)c(-n3cc(-c4cnn(C)c4C)nn3)c2)cc(C(F)(F)F)c1. The second-order valence-corrected chi connectivity index (χ2v) is 8.95. The van der Waals surface area contributed by atoms with E-state index in [4.69, 9.17) is 4.74 Å². The van der Waals surface area contributed by atoms with Crippen LogP contribution in [-0.2, 0) is 18.0 Å². The second kappa shape index (κ2) is 10.7. The number of likely N-dealkylation sites (N-methyl/N-ethyl adjacent to an activating group) is 1. The van der Waals surface area contributed by atoms with Gasteiger partial charge in [-0.3, -0.25) is 9.48 Å². The molecule has 38 heavy (non-hydrogen) atoms. The summed E-state index contributed by atoms with van der Waals surface area (Å²) in [7, 11) is 5.01. The molecule has 2 aromatic heterocycles. The summed E-state index contributed by atoms with van der Waals surface area (Å²) in [6, 6.07) is 8.44. The molecule has 2 heterocycles. The van der Waals surface area contributed by atoms with Crippen LogP contribution < -0.4 is 10.2 Å². The van der Waals surface area contributed by atoms with E-state index in [9.17, 15) is 18.0 Å². The van der Waals surface area contributed by atoms with Crippen LogP contribution in [0.25, 0.3) is 16.9 Å². The van der Waals surface area contributed by atoms with Crippen molar-refractivity contribution in [1.82, 2.24) is 24.8 Å². The van der Waals surface area contributed by atoms with Gasteiger partial charge in [-0.15, -0.1) is 5.10 Å². The van der Waals surface area contributed by atoms with E-state index in [0.717, 1.165) is 29.0 Å². The molecule has 200 valence electrons. The average molecular weight is 528 g/mol. The van der Waals surface area contributed by atoms with Gasteiger partial charge in [0.1, 0.15) is 5.69 Å². The number of carbonyl (C=O) groups is 1. The lowest BCUT2D eigenvalue weighted by Crippen LogP contribution is -2.23. The lowest BCUT2D eigenvalue weighted by Gasteiger charge is -2.21. The maximum absolute atomic E-state index is 13.6. The highest BCUT2D eigenvalue weighted by Crippen LogP contribution is 2.34. The fourth-order valence-corrected chi connectivity index (χ4v) is 3.88. The van der Waals surface area contributed by atoms with Crippen LogP contribution in [0.15, 0.2) is 48.8 Å². The van der Waals surface area contributed by atoms with Crippen molar-refractivity contribution in [2.24, 2.45) is 7.05 Å². The largest absolute Gasteiger partial charge is 0.416 e. The fourth-order valence-electron chi connectivity index (χ4n) is 3.88. The molecule has 0 radical (unpaired) electrons. The highest BCUT2D eigenvalue weighted by molar-refractivity contribution is 6.05. The zero-order valence-corrected chi connectivity index (χ0v) is 21.7. The molecule has 0 bridgehead atoms. The van der Waals surface area contributed by atoms with Gasteiger partial charge in [0.15, 0.2) is 0 Å². The molecule has 1 N–H and O–H groups in total. The third-order valence-electron chi connectivity index (χ3n) is 6.30. The van der Waals surface area contributed by atoms with E-state index in [-0.39, 0.29) is 11.3 Å². The van der Waals surface area contributed by atoms with Crippen molar-refractivity contribution >= 4 is 17.3 Å². The van der Waals surface area contributed by atoms with Crippen LogP contribution in [0.2, 0.25) is 0 Å². The zero-order chi connectivity index (χ0) is 27.6. The van der Waals surface area contributed by atoms with Crippen molar-refractivity contribution in [1.29, 1.82) is 0 Å². The van der Waals surface area contributed by atoms with Crippen molar-refractivity contribution in [3.63, 3.8) is 0 Å². The van der Waals surface area contributed by atoms with Crippen LogP contribution in [0, 0.1) is 13.8 Å². The quantitative estimate of drug-likeness (QED) is 0.359. The van der Waals surface area contributed by atoms with Gasteiger partial charge in [0, 0.05) is 55.9 Å². The molecule has 9 nitrogen and oxygen atoms in total. The molecule has 12 heteroatoms. The van der Waals surface area contributed by atoms with Gasteiger partial charge in [0.05, 0.1) is 30.3 Å². The summed E-state index contributed by atoms with van der Waals surface area (Å²) in [6.45, 7) is 4.50. The summed E-state index contributed by atoms with van der Waals surface area (Å²) in [5.41, 5.74) is 3.56. The summed E-state index contributed by atoms with van der Waals surface area (Å²) in [6.07, 6.45) is -1.13. The van der Waals surface area contributed by atoms with E-state index in [1.807, 2.05) is 20.9 Å². The molecular weight excluding hydrogens is 499 g/mol. The normalized spacial score (nSPS) is 11.6. The third-order valence-corrected chi connectivity index (χ3v) is 6.30. The second-order valence-electron chi connectivity index (χ2n) is 8.95. The summed E-state index contributed by atoms with van der Waals surface area (Å²) >= 11 is 0. The third kappa shape index (κ3) is 5.70. The Bertz CT molecular complexity index is 1460. The van der Waals surface area contributed by atoms with Gasteiger partial charge in [-0.1, -0.05) is 11.3 Å². The highest BCUT2D eigenvalue weighted by atomic mass is 19.4. The molecular formula is C26H28F3N7O2. The van der Waals surface area contributed by atoms with Gasteiger partial charge in [-0.25, -0.2) is 4.68 Å². The van der Waals surface area contributed by atoms with E-state index in [2.05, 4.69) is 20.7 Å². The monoisotopic (exact) mass is 527 g/mol. The Balaban J connectivity index is 1.62. The topological polar surface area (TPSA) is 90.1 Å². The zero-order valence-electron chi connectivity index (χ0n) is 21.7. The number of ether oxygens (including phenoxy) is 1. The number of rotatable bonds is 8. The molecule has 4 aromatic rings. The molecule has 0 aliphatic carbocycles. The van der Waals surface area contributed by atoms with Gasteiger partial charge >= 0.3 is 6.18 Å². The van der Waals surface area contributed by atoms with Crippen molar-refractivity contribution in [2.45, 2.75) is 20.0 Å². The van der Waals surface area contributed by atoms with E-state index < -0.39 is 17.6 Å². The first-order valence-corrected chi connectivity index (χ1v) is 11.7. The summed E-state index contributed by atoms with van der Waals surface area (Å²) in [5, 5.41) is 15.3. The Morgan fingerprint density at radius 2 is 1.92 bits per heavy atom. The predicted molar refractivity (Wildman–Crippen MR) is 138 cm³/mol. The number of nitrogens with one attached hydrogen (secondary N) is 1. The number of anilines is 2. The van der Waals surface area contributed by atoms with E-state index in [0.29, 0.717) is 30.2 Å². The standard InChI is InChI=1S/C26H28F3N7O2/c1-16-6-7-18(10-24(16)36-15-23(32-33-36)22-14-30-35(4)17(22)2)25(37)31-20-11-19(26(27,28)29)12-21(13-20)34(3)8-9-38-5/h6-7,10-15H,8-9H2,1-5H3,(H,31,37). The van der Waals surface area contributed by atoms with Crippen LogP contribution in [0.4, 0.5) is 24.5 Å². The molecule has 4 rings (SSSR count). The number of hydrogen-bond acceptors (Lipinski definition) is 6. The van der Waals surface area contributed by atoms with Crippen molar-refractivity contribution in [3.05, 3.63) is 71.2 Å². The number of aryl methyl sites for hydroxylation is 2. The molecule has 1 amide bonds. The minimum absolute atomic E-state index is 0.0290. The lowest BCUT2D eigenvalue weighted by atomic mass is 10.1. The molecule has 0 aliphatic heterocycles. The number of alkyl halides is 3. The van der Waals surface area contributed by atoms with E-state index in [1.54, 1.807) is 51.9 Å². The van der Waals surface area contributed by atoms with Crippen LogP contribution in [0.3, 0.4) is 0 Å². The first kappa shape index (κ1) is 26.9. The Morgan fingerprint density at radius 3 is 2.58 bits per heavy atom. The summed E-state index contributed by atoms with van der Waals surface area (Å²) in [4.78, 5) is 14.7. The first-order chi connectivity index (χ1) is 18.0. The molecule has 0 saturated heterocycles. The molecule has 0 fully saturated rings. The van der Waals surface area contributed by atoms with Gasteiger partial charge in [-0.05, 0) is 49.7 Å². The van der Waals surface area contributed by atoms with Gasteiger partial charge in [0.25, 0.3) is 5.91 Å². The minimum Gasteiger partial charge on any atom is -0.383 e. The number of aromatic nitrogens is 5. The molecule has 0 saturated carbocycles. The molecule has 0 unspecified atom stereocenters. The minimum atomic E-state index is -4.58. The van der Waals surface area contributed by atoms with Crippen LogP contribution in [0.5, 0.6) is 0 Å².